The minimum Gasteiger partial charge on any atom is -0.496 e. The second-order valence-electron chi connectivity index (χ2n) is 7.99. The minimum absolute atomic E-state index is 0.0244. The van der Waals surface area contributed by atoms with E-state index in [2.05, 4.69) is 37.8 Å². The molecule has 0 aromatic carbocycles. The number of methoxy groups -OCH3 is 1. The number of tetrazole rings is 1. The number of rotatable bonds is 5. The van der Waals surface area contributed by atoms with Crippen molar-refractivity contribution in [1.29, 1.82) is 0 Å². The Hall–Kier alpha value is -2.92. The first kappa shape index (κ1) is 20.4. The van der Waals surface area contributed by atoms with E-state index in [4.69, 9.17) is 4.74 Å². The third kappa shape index (κ3) is 3.77. The van der Waals surface area contributed by atoms with Gasteiger partial charge in [0.2, 0.25) is 11.9 Å². The third-order valence-corrected chi connectivity index (χ3v) is 5.71. The van der Waals surface area contributed by atoms with Crippen LogP contribution < -0.4 is 15.0 Å². The Labute approximate surface area is 170 Å². The summed E-state index contributed by atoms with van der Waals surface area (Å²) < 4.78 is 44.1. The van der Waals surface area contributed by atoms with Crippen LogP contribution in [0.15, 0.2) is 12.3 Å². The summed E-state index contributed by atoms with van der Waals surface area (Å²) in [6.07, 6.45) is -1.63. The smallest absolute Gasteiger partial charge is 0.433 e. The number of nitrogens with one attached hydrogen (secondary N) is 2. The molecule has 2 fully saturated rings. The van der Waals surface area contributed by atoms with E-state index in [9.17, 15) is 18.0 Å². The summed E-state index contributed by atoms with van der Waals surface area (Å²) in [5.41, 5.74) is -1.57. The number of H-pyrrole nitrogens is 1. The number of piperidine rings is 1. The molecule has 1 amide bonds. The summed E-state index contributed by atoms with van der Waals surface area (Å²) in [6, 6.07) is 0.710. The number of alkyl halides is 3. The van der Waals surface area contributed by atoms with Crippen LogP contribution >= 0.6 is 0 Å². The van der Waals surface area contributed by atoms with Gasteiger partial charge in [0.25, 0.3) is 0 Å². The Morgan fingerprint density at radius 3 is 2.73 bits per heavy atom. The van der Waals surface area contributed by atoms with Crippen LogP contribution in [-0.2, 0) is 16.4 Å². The molecule has 2 aromatic rings. The van der Waals surface area contributed by atoms with Crippen LogP contribution in [-0.4, -0.2) is 57.8 Å². The lowest BCUT2D eigenvalue weighted by molar-refractivity contribution is -0.141. The molecule has 2 N–H and O–H groups in total. The van der Waals surface area contributed by atoms with E-state index in [1.54, 1.807) is 0 Å². The Bertz CT molecular complexity index is 915. The molecule has 4 rings (SSSR count). The van der Waals surface area contributed by atoms with Gasteiger partial charge in [-0.2, -0.15) is 13.2 Å². The van der Waals surface area contributed by atoms with Crippen molar-refractivity contribution in [2.45, 2.75) is 43.8 Å². The Morgan fingerprint density at radius 1 is 1.37 bits per heavy atom. The molecule has 0 bridgehead atoms. The first-order valence-electron chi connectivity index (χ1n) is 9.64. The van der Waals surface area contributed by atoms with Crippen molar-refractivity contribution in [3.05, 3.63) is 23.5 Å². The van der Waals surface area contributed by atoms with Crippen LogP contribution in [0, 0.1) is 5.92 Å². The van der Waals surface area contributed by atoms with E-state index in [1.807, 2.05) is 4.90 Å². The molecule has 30 heavy (non-hydrogen) atoms. The van der Waals surface area contributed by atoms with E-state index in [1.165, 1.54) is 7.11 Å². The van der Waals surface area contributed by atoms with Gasteiger partial charge in [-0.15, -0.1) is 0 Å². The molecular formula is C18H22F3N7O2. The van der Waals surface area contributed by atoms with E-state index in [-0.39, 0.29) is 17.7 Å². The predicted molar refractivity (Wildman–Crippen MR) is 98.8 cm³/mol. The van der Waals surface area contributed by atoms with Gasteiger partial charge in [0.1, 0.15) is 11.4 Å². The number of hydrogen-bond acceptors (Lipinski definition) is 7. The maximum atomic E-state index is 13.2. The molecule has 1 saturated heterocycles. The van der Waals surface area contributed by atoms with Crippen LogP contribution in [0.2, 0.25) is 0 Å². The number of halogens is 3. The Kier molecular flexibility index (Phi) is 5.02. The fraction of sp³-hybridized carbons (Fsp3) is 0.611. The van der Waals surface area contributed by atoms with Crippen molar-refractivity contribution in [3.63, 3.8) is 0 Å². The predicted octanol–water partition coefficient (Wildman–Crippen LogP) is 1.68. The second kappa shape index (κ2) is 7.40. The van der Waals surface area contributed by atoms with E-state index >= 15 is 0 Å². The molecule has 162 valence electrons. The molecule has 0 spiro atoms. The largest absolute Gasteiger partial charge is 0.496 e. The molecule has 9 nitrogen and oxygen atoms in total. The van der Waals surface area contributed by atoms with E-state index in [0.29, 0.717) is 36.8 Å². The van der Waals surface area contributed by atoms with Crippen molar-refractivity contribution in [1.82, 2.24) is 30.9 Å². The Morgan fingerprint density at radius 2 is 2.13 bits per heavy atom. The van der Waals surface area contributed by atoms with Gasteiger partial charge in [-0.1, -0.05) is 12.0 Å². The highest BCUT2D eigenvalue weighted by molar-refractivity contribution is 5.92. The summed E-state index contributed by atoms with van der Waals surface area (Å²) in [5, 5.41) is 16.9. The lowest BCUT2D eigenvalue weighted by Crippen LogP contribution is -2.52. The van der Waals surface area contributed by atoms with Gasteiger partial charge < -0.3 is 15.0 Å². The number of carbonyl (C=O) groups excluding carboxylic acids is 1. The number of hydrogen-bond donors (Lipinski definition) is 2. The standard InChI is InChI=1S/C18H22F3N7O2/c1-10-5-11(9-28(8-10)16-24-26-27-25-16)23-15(29)17(3-4-17)12-7-22-14(18(19,20)21)6-13(12)30-2/h6-7,10-11H,3-5,8-9H2,1-2H3,(H,23,29)(H,24,25,26,27)/t10-,11+/m0/s1. The number of carbonyl (C=O) groups is 1. The average Bonchev–Trinajstić information content (AvgIpc) is 3.32. The summed E-state index contributed by atoms with van der Waals surface area (Å²) in [4.78, 5) is 18.7. The van der Waals surface area contributed by atoms with Crippen LogP contribution in [0.3, 0.4) is 0 Å². The molecular weight excluding hydrogens is 403 g/mol. The second-order valence-corrected chi connectivity index (χ2v) is 7.99. The SMILES string of the molecule is COc1cc(C(F)(F)F)ncc1C1(C(=O)N[C@@H]2C[C@H](C)CN(c3nnn[nH]3)C2)CC1. The topological polar surface area (TPSA) is 109 Å². The average molecular weight is 425 g/mol. The third-order valence-electron chi connectivity index (χ3n) is 5.71. The fourth-order valence-corrected chi connectivity index (χ4v) is 4.10. The van der Waals surface area contributed by atoms with Gasteiger partial charge in [-0.25, -0.2) is 5.10 Å². The number of nitrogens with zero attached hydrogens (tertiary/aromatic N) is 5. The van der Waals surface area contributed by atoms with Crippen LogP contribution in [0.5, 0.6) is 5.75 Å². The normalized spacial score (nSPS) is 23.2. The van der Waals surface area contributed by atoms with E-state index in [0.717, 1.165) is 25.2 Å². The zero-order chi connectivity index (χ0) is 21.5. The van der Waals surface area contributed by atoms with Gasteiger partial charge in [0.05, 0.1) is 12.5 Å². The number of aromatic amines is 1. The van der Waals surface area contributed by atoms with Crippen LogP contribution in [0.4, 0.5) is 19.1 Å². The van der Waals surface area contributed by atoms with Gasteiger partial charge in [0.15, 0.2) is 0 Å². The molecule has 0 unspecified atom stereocenters. The van der Waals surface area contributed by atoms with E-state index < -0.39 is 17.3 Å². The van der Waals surface area contributed by atoms with Gasteiger partial charge in [-0.05, 0) is 35.6 Å². The molecule has 12 heteroatoms. The molecule has 3 heterocycles. The summed E-state index contributed by atoms with van der Waals surface area (Å²) >= 11 is 0. The maximum Gasteiger partial charge on any atom is 0.433 e. The number of aromatic nitrogens is 5. The number of amides is 1. The monoisotopic (exact) mass is 425 g/mol. The van der Waals surface area contributed by atoms with Gasteiger partial charge in [-0.3, -0.25) is 9.78 Å². The lowest BCUT2D eigenvalue weighted by atomic mass is 9.92. The number of pyridine rings is 1. The first-order chi connectivity index (χ1) is 14.2. The molecule has 2 aromatic heterocycles. The highest BCUT2D eigenvalue weighted by Gasteiger charge is 2.54. The summed E-state index contributed by atoms with van der Waals surface area (Å²) in [6.45, 7) is 3.36. The van der Waals surface area contributed by atoms with Gasteiger partial charge in [0, 0.05) is 37.0 Å². The van der Waals surface area contributed by atoms with Crippen LogP contribution in [0.25, 0.3) is 0 Å². The minimum atomic E-state index is -4.58. The van der Waals surface area contributed by atoms with Crippen molar-refractivity contribution >= 4 is 11.9 Å². The molecule has 1 aliphatic heterocycles. The zero-order valence-corrected chi connectivity index (χ0v) is 16.5. The zero-order valence-electron chi connectivity index (χ0n) is 16.5. The first-order valence-corrected chi connectivity index (χ1v) is 9.64. The number of anilines is 1. The number of ether oxygens (including phenoxy) is 1. The summed E-state index contributed by atoms with van der Waals surface area (Å²) in [7, 11) is 1.29. The summed E-state index contributed by atoms with van der Waals surface area (Å²) in [5.74, 6) is 0.635. The lowest BCUT2D eigenvalue weighted by Gasteiger charge is -2.36. The molecule has 2 atom stereocenters. The maximum absolute atomic E-state index is 13.2. The highest BCUT2D eigenvalue weighted by atomic mass is 19.4. The molecule has 1 saturated carbocycles. The van der Waals surface area contributed by atoms with Crippen molar-refractivity contribution < 1.29 is 22.7 Å². The molecule has 2 aliphatic rings. The fourth-order valence-electron chi connectivity index (χ4n) is 4.10. The highest BCUT2D eigenvalue weighted by Crippen LogP contribution is 2.52. The van der Waals surface area contributed by atoms with Crippen LogP contribution in [0.1, 0.15) is 37.4 Å². The van der Waals surface area contributed by atoms with Crippen molar-refractivity contribution in [3.8, 4) is 5.75 Å². The quantitative estimate of drug-likeness (QED) is 0.750. The Balaban J connectivity index is 1.52. The van der Waals surface area contributed by atoms with Crippen molar-refractivity contribution in [2.24, 2.45) is 5.92 Å². The van der Waals surface area contributed by atoms with Gasteiger partial charge >= 0.3 is 6.18 Å². The molecule has 1 aliphatic carbocycles. The molecule has 0 radical (unpaired) electrons. The van der Waals surface area contributed by atoms with Crippen molar-refractivity contribution in [2.75, 3.05) is 25.1 Å².